The fraction of sp³-hybridized carbons (Fsp3) is 0.963. The lowest BCUT2D eigenvalue weighted by Gasteiger charge is -2.56. The maximum absolute atomic E-state index is 13.0. The summed E-state index contributed by atoms with van der Waals surface area (Å²) in [5.74, 6) is 0.998. The summed E-state index contributed by atoms with van der Waals surface area (Å²) in [6.45, 7) is 11.1. The van der Waals surface area contributed by atoms with E-state index in [4.69, 9.17) is 4.74 Å². The van der Waals surface area contributed by atoms with Gasteiger partial charge in [-0.2, -0.15) is 0 Å². The predicted molar refractivity (Wildman–Crippen MR) is 125 cm³/mol. The van der Waals surface area contributed by atoms with E-state index in [1.807, 2.05) is 0 Å². The Balaban J connectivity index is 1.57. The zero-order valence-electron chi connectivity index (χ0n) is 21.1. The van der Waals surface area contributed by atoms with Crippen LogP contribution in [-0.4, -0.2) is 57.4 Å². The van der Waals surface area contributed by atoms with E-state index >= 15 is 0 Å². The molecular weight excluding hydrogens is 420 g/mol. The van der Waals surface area contributed by atoms with Gasteiger partial charge in [-0.05, 0) is 91.3 Å². The molecule has 4 rings (SSSR count). The van der Waals surface area contributed by atoms with Crippen LogP contribution in [0.4, 0.5) is 0 Å². The Morgan fingerprint density at radius 1 is 1.00 bits per heavy atom. The standard InChI is InChI=1S/C27H46O6/c1-14(2)10-22(29)24(31)15(3)17-6-7-18-16-13-33-25(32)20-11-21(28)23(30)12-27(20,5)19(16)8-9-26(17,18)4/h14-24,28-31H,6-13H2,1-5H3/t15-,16?,17+,18?,19?,20?,21-,22+,23+,24+,26+,27+/m0/s1. The highest BCUT2D eigenvalue weighted by Crippen LogP contribution is 2.66. The molecule has 1 heterocycles. The molecule has 3 saturated carbocycles. The van der Waals surface area contributed by atoms with Crippen LogP contribution >= 0.6 is 0 Å². The third-order valence-corrected chi connectivity index (χ3v) is 10.7. The molecule has 6 nitrogen and oxygen atoms in total. The average molecular weight is 467 g/mol. The highest BCUT2D eigenvalue weighted by molar-refractivity contribution is 5.74. The smallest absolute Gasteiger partial charge is 0.309 e. The normalized spacial score (nSPS) is 48.2. The van der Waals surface area contributed by atoms with Crippen molar-refractivity contribution in [2.24, 2.45) is 52.3 Å². The van der Waals surface area contributed by atoms with Crippen molar-refractivity contribution in [2.45, 2.75) is 104 Å². The van der Waals surface area contributed by atoms with Crippen LogP contribution in [0.5, 0.6) is 0 Å². The molecule has 0 aromatic heterocycles. The van der Waals surface area contributed by atoms with Gasteiger partial charge in [0, 0.05) is 0 Å². The molecule has 1 saturated heterocycles. The molecule has 0 spiro atoms. The Labute approximate surface area is 199 Å². The van der Waals surface area contributed by atoms with Crippen molar-refractivity contribution in [1.82, 2.24) is 0 Å². The summed E-state index contributed by atoms with van der Waals surface area (Å²) in [6.07, 6.45) is 2.30. The molecule has 0 bridgehead atoms. The van der Waals surface area contributed by atoms with Gasteiger partial charge in [0.05, 0.1) is 36.9 Å². The highest BCUT2D eigenvalue weighted by Gasteiger charge is 2.63. The highest BCUT2D eigenvalue weighted by atomic mass is 16.5. The van der Waals surface area contributed by atoms with E-state index in [1.165, 1.54) is 0 Å². The molecule has 0 aromatic carbocycles. The van der Waals surface area contributed by atoms with E-state index in [0.717, 1.165) is 25.7 Å². The van der Waals surface area contributed by atoms with Crippen molar-refractivity contribution in [3.05, 3.63) is 0 Å². The molecule has 6 heteroatoms. The molecule has 33 heavy (non-hydrogen) atoms. The summed E-state index contributed by atoms with van der Waals surface area (Å²) in [6, 6.07) is 0. The van der Waals surface area contributed by atoms with Gasteiger partial charge < -0.3 is 25.2 Å². The summed E-state index contributed by atoms with van der Waals surface area (Å²) in [5, 5.41) is 42.4. The minimum atomic E-state index is -0.864. The van der Waals surface area contributed by atoms with Gasteiger partial charge in [0.1, 0.15) is 0 Å². The van der Waals surface area contributed by atoms with Crippen LogP contribution in [0.25, 0.3) is 0 Å². The minimum absolute atomic E-state index is 0.00798. The number of cyclic esters (lactones) is 1. The monoisotopic (exact) mass is 466 g/mol. The van der Waals surface area contributed by atoms with Crippen LogP contribution in [-0.2, 0) is 9.53 Å². The average Bonchev–Trinajstić information content (AvgIpc) is 3.05. The van der Waals surface area contributed by atoms with Crippen LogP contribution in [0.3, 0.4) is 0 Å². The SMILES string of the molecule is CC(C)C[C@@H](O)[C@H](O)[C@@H](C)[C@H]1CCC2C3COC(=O)C4C[C@H](O)[C@H](O)C[C@]4(C)C3CC[C@@]21C. The molecule has 0 amide bonds. The lowest BCUT2D eigenvalue weighted by atomic mass is 9.48. The Hall–Kier alpha value is -0.690. The molecule has 12 atom stereocenters. The number of carbonyl (C=O) groups is 1. The van der Waals surface area contributed by atoms with Crippen molar-refractivity contribution >= 4 is 5.97 Å². The van der Waals surface area contributed by atoms with Crippen LogP contribution in [0.15, 0.2) is 0 Å². The Morgan fingerprint density at radius 2 is 1.67 bits per heavy atom. The lowest BCUT2D eigenvalue weighted by Crippen LogP contribution is -2.55. The van der Waals surface area contributed by atoms with Crippen LogP contribution < -0.4 is 0 Å². The largest absolute Gasteiger partial charge is 0.465 e. The van der Waals surface area contributed by atoms with Gasteiger partial charge in [-0.15, -0.1) is 0 Å². The third-order valence-electron chi connectivity index (χ3n) is 10.7. The lowest BCUT2D eigenvalue weighted by molar-refractivity contribution is -0.162. The van der Waals surface area contributed by atoms with E-state index in [1.54, 1.807) is 0 Å². The van der Waals surface area contributed by atoms with Crippen molar-refractivity contribution < 1.29 is 30.0 Å². The molecule has 4 N–H and O–H groups in total. The van der Waals surface area contributed by atoms with Crippen LogP contribution in [0.2, 0.25) is 0 Å². The number of aliphatic hydroxyl groups excluding tert-OH is 4. The first-order chi connectivity index (χ1) is 15.4. The van der Waals surface area contributed by atoms with E-state index in [9.17, 15) is 25.2 Å². The van der Waals surface area contributed by atoms with Gasteiger partial charge in [-0.3, -0.25) is 4.79 Å². The number of ether oxygens (including phenoxy) is 1. The molecule has 190 valence electrons. The number of fused-ring (bicyclic) bond motifs is 5. The maximum atomic E-state index is 13.0. The fourth-order valence-corrected chi connectivity index (χ4v) is 8.90. The van der Waals surface area contributed by atoms with Gasteiger partial charge in [0.2, 0.25) is 0 Å². The number of carbonyl (C=O) groups excluding carboxylic acids is 1. The number of rotatable bonds is 5. The molecular formula is C27H46O6. The number of hydrogen-bond acceptors (Lipinski definition) is 6. The summed E-state index contributed by atoms with van der Waals surface area (Å²) in [7, 11) is 0. The zero-order chi connectivity index (χ0) is 24.3. The zero-order valence-corrected chi connectivity index (χ0v) is 21.1. The number of aliphatic hydroxyl groups is 4. The summed E-state index contributed by atoms with van der Waals surface area (Å²) < 4.78 is 5.85. The van der Waals surface area contributed by atoms with Crippen LogP contribution in [0.1, 0.15) is 79.6 Å². The quantitative estimate of drug-likeness (QED) is 0.464. The molecule has 3 aliphatic carbocycles. The molecule has 4 aliphatic rings. The van der Waals surface area contributed by atoms with Gasteiger partial charge in [0.25, 0.3) is 0 Å². The molecule has 1 aliphatic heterocycles. The van der Waals surface area contributed by atoms with Crippen molar-refractivity contribution in [3.8, 4) is 0 Å². The third kappa shape index (κ3) is 4.17. The molecule has 0 aromatic rings. The Kier molecular flexibility index (Phi) is 6.98. The second-order valence-electron chi connectivity index (χ2n) is 12.9. The minimum Gasteiger partial charge on any atom is -0.465 e. The van der Waals surface area contributed by atoms with E-state index in [0.29, 0.717) is 37.2 Å². The second-order valence-corrected chi connectivity index (χ2v) is 12.9. The van der Waals surface area contributed by atoms with E-state index < -0.39 is 24.4 Å². The number of esters is 1. The summed E-state index contributed by atoms with van der Waals surface area (Å²) in [5.41, 5.74) is -0.330. The summed E-state index contributed by atoms with van der Waals surface area (Å²) >= 11 is 0. The Bertz CT molecular complexity index is 725. The fourth-order valence-electron chi connectivity index (χ4n) is 8.90. The van der Waals surface area contributed by atoms with Gasteiger partial charge in [-0.1, -0.05) is 34.6 Å². The van der Waals surface area contributed by atoms with Crippen molar-refractivity contribution in [3.63, 3.8) is 0 Å². The van der Waals surface area contributed by atoms with E-state index in [2.05, 4.69) is 34.6 Å². The molecule has 4 unspecified atom stereocenters. The van der Waals surface area contributed by atoms with Gasteiger partial charge in [-0.25, -0.2) is 0 Å². The first-order valence-corrected chi connectivity index (χ1v) is 13.3. The first-order valence-electron chi connectivity index (χ1n) is 13.3. The molecule has 4 fully saturated rings. The van der Waals surface area contributed by atoms with E-state index in [-0.39, 0.29) is 46.9 Å². The predicted octanol–water partition coefficient (Wildman–Crippen LogP) is 3.14. The van der Waals surface area contributed by atoms with Crippen molar-refractivity contribution in [2.75, 3.05) is 6.61 Å². The Morgan fingerprint density at radius 3 is 2.33 bits per heavy atom. The second kappa shape index (κ2) is 9.07. The van der Waals surface area contributed by atoms with Crippen molar-refractivity contribution in [1.29, 1.82) is 0 Å². The first kappa shape index (κ1) is 25.4. The molecule has 0 radical (unpaired) electrons. The maximum Gasteiger partial charge on any atom is 0.309 e. The van der Waals surface area contributed by atoms with Gasteiger partial charge in [0.15, 0.2) is 0 Å². The topological polar surface area (TPSA) is 107 Å². The van der Waals surface area contributed by atoms with Gasteiger partial charge >= 0.3 is 5.97 Å². The summed E-state index contributed by atoms with van der Waals surface area (Å²) in [4.78, 5) is 13.0. The number of hydrogen-bond donors (Lipinski definition) is 4. The van der Waals surface area contributed by atoms with Crippen LogP contribution in [0, 0.1) is 52.3 Å².